The summed E-state index contributed by atoms with van der Waals surface area (Å²) in [6.45, 7) is -0.289. The van der Waals surface area contributed by atoms with E-state index >= 15 is 0 Å². The van der Waals surface area contributed by atoms with Crippen molar-refractivity contribution in [2.24, 2.45) is 0 Å². The summed E-state index contributed by atoms with van der Waals surface area (Å²) in [5.74, 6) is -1.02. The zero-order valence-electron chi connectivity index (χ0n) is 13.0. The molecule has 0 saturated heterocycles. The van der Waals surface area contributed by atoms with Crippen molar-refractivity contribution >= 4 is 32.4 Å². The minimum Gasteiger partial charge on any atom is -0.387 e. The fourth-order valence-electron chi connectivity index (χ4n) is 2.61. The van der Waals surface area contributed by atoms with Crippen LogP contribution in [0.15, 0.2) is 65.6 Å². The predicted molar refractivity (Wildman–Crippen MR) is 95.5 cm³/mol. The second-order valence-corrected chi connectivity index (χ2v) is 7.63. The van der Waals surface area contributed by atoms with Crippen LogP contribution in [0.1, 0.15) is 11.7 Å². The summed E-state index contributed by atoms with van der Waals surface area (Å²) in [5, 5.41) is 11.9. The Morgan fingerprint density at radius 2 is 1.72 bits per heavy atom. The Bertz CT molecular complexity index is 1020. The lowest BCUT2D eigenvalue weighted by atomic mass is 10.0. The molecule has 3 aromatic rings. The van der Waals surface area contributed by atoms with Crippen LogP contribution < -0.4 is 4.72 Å². The van der Waals surface area contributed by atoms with E-state index < -0.39 is 26.8 Å². The number of aliphatic hydroxyl groups excluding tert-OH is 1. The van der Waals surface area contributed by atoms with E-state index in [2.05, 4.69) is 4.72 Å². The van der Waals surface area contributed by atoms with Crippen LogP contribution in [0.4, 0.5) is 4.39 Å². The maximum absolute atomic E-state index is 13.9. The van der Waals surface area contributed by atoms with Gasteiger partial charge in [0.05, 0.1) is 11.1 Å². The maximum atomic E-state index is 13.9. The highest BCUT2D eigenvalue weighted by Crippen LogP contribution is 2.25. The van der Waals surface area contributed by atoms with Gasteiger partial charge in [-0.25, -0.2) is 17.5 Å². The molecule has 7 heteroatoms. The summed E-state index contributed by atoms with van der Waals surface area (Å²) in [6.07, 6.45) is -1.08. The molecule has 3 aromatic carbocycles. The van der Waals surface area contributed by atoms with Crippen molar-refractivity contribution in [3.8, 4) is 0 Å². The van der Waals surface area contributed by atoms with Crippen molar-refractivity contribution in [1.29, 1.82) is 0 Å². The first-order valence-electron chi connectivity index (χ1n) is 7.49. The van der Waals surface area contributed by atoms with Crippen LogP contribution in [0.25, 0.3) is 10.8 Å². The van der Waals surface area contributed by atoms with Gasteiger partial charge in [-0.15, -0.1) is 0 Å². The zero-order chi connectivity index (χ0) is 18.0. The number of hydrogen-bond acceptors (Lipinski definition) is 3. The first-order chi connectivity index (χ1) is 11.9. The van der Waals surface area contributed by atoms with Crippen LogP contribution in [0, 0.1) is 5.82 Å². The van der Waals surface area contributed by atoms with Gasteiger partial charge in [-0.1, -0.05) is 60.1 Å². The third kappa shape index (κ3) is 3.67. The Balaban J connectivity index is 1.84. The van der Waals surface area contributed by atoms with Gasteiger partial charge in [0.25, 0.3) is 0 Å². The summed E-state index contributed by atoms with van der Waals surface area (Å²) in [5.41, 5.74) is 0.590. The molecule has 25 heavy (non-hydrogen) atoms. The zero-order valence-corrected chi connectivity index (χ0v) is 14.6. The molecule has 4 nitrogen and oxygen atoms in total. The fraction of sp³-hybridized carbons (Fsp3) is 0.111. The van der Waals surface area contributed by atoms with Crippen molar-refractivity contribution in [3.05, 3.63) is 77.1 Å². The molecule has 3 rings (SSSR count). The quantitative estimate of drug-likeness (QED) is 0.711. The molecule has 0 amide bonds. The summed E-state index contributed by atoms with van der Waals surface area (Å²) >= 11 is 5.63. The van der Waals surface area contributed by atoms with Crippen molar-refractivity contribution < 1.29 is 17.9 Å². The average Bonchev–Trinajstić information content (AvgIpc) is 2.61. The lowest BCUT2D eigenvalue weighted by Crippen LogP contribution is -2.29. The molecule has 2 N–H and O–H groups in total. The highest BCUT2D eigenvalue weighted by Gasteiger charge is 2.22. The van der Waals surface area contributed by atoms with E-state index in [9.17, 15) is 17.9 Å². The molecule has 0 radical (unpaired) electrons. The number of hydrogen-bond donors (Lipinski definition) is 2. The molecule has 0 bridgehead atoms. The third-order valence-electron chi connectivity index (χ3n) is 3.85. The lowest BCUT2D eigenvalue weighted by molar-refractivity contribution is 0.183. The van der Waals surface area contributed by atoms with Gasteiger partial charge < -0.3 is 5.11 Å². The molecule has 0 aliphatic rings. The standard InChI is InChI=1S/C18H15ClFNO3S/c19-15-9-4-10-17(18(15)20)25(23,24)21-11-16(22)14-8-3-6-12-5-1-2-7-13(12)14/h1-10,16,21-22H,11H2. The van der Waals surface area contributed by atoms with Crippen molar-refractivity contribution in [2.45, 2.75) is 11.0 Å². The number of halogens is 2. The van der Waals surface area contributed by atoms with Crippen molar-refractivity contribution in [2.75, 3.05) is 6.54 Å². The van der Waals surface area contributed by atoms with Crippen LogP contribution in [0.5, 0.6) is 0 Å². The van der Waals surface area contributed by atoms with Crippen molar-refractivity contribution in [1.82, 2.24) is 4.72 Å². The van der Waals surface area contributed by atoms with Gasteiger partial charge >= 0.3 is 0 Å². The van der Waals surface area contributed by atoms with Gasteiger partial charge in [0.2, 0.25) is 10.0 Å². The molecule has 0 heterocycles. The van der Waals surface area contributed by atoms with E-state index in [0.717, 1.165) is 16.8 Å². The fourth-order valence-corrected chi connectivity index (χ4v) is 3.98. The van der Waals surface area contributed by atoms with Gasteiger partial charge in [-0.2, -0.15) is 0 Å². The monoisotopic (exact) mass is 379 g/mol. The molecule has 0 spiro atoms. The lowest BCUT2D eigenvalue weighted by Gasteiger charge is -2.15. The molecular formula is C18H15ClFNO3S. The summed E-state index contributed by atoms with van der Waals surface area (Å²) < 4.78 is 40.7. The van der Waals surface area contributed by atoms with Crippen LogP contribution in [0.2, 0.25) is 5.02 Å². The molecule has 1 unspecified atom stereocenters. The van der Waals surface area contributed by atoms with E-state index in [1.165, 1.54) is 12.1 Å². The Morgan fingerprint density at radius 3 is 2.52 bits per heavy atom. The van der Waals surface area contributed by atoms with Gasteiger partial charge in [0, 0.05) is 6.54 Å². The number of rotatable bonds is 5. The number of sulfonamides is 1. The number of benzene rings is 3. The van der Waals surface area contributed by atoms with Gasteiger partial charge in [0.15, 0.2) is 5.82 Å². The second kappa shape index (κ2) is 7.09. The Morgan fingerprint density at radius 1 is 1.04 bits per heavy atom. The smallest absolute Gasteiger partial charge is 0.243 e. The minimum atomic E-state index is -4.14. The number of fused-ring (bicyclic) bond motifs is 1. The van der Waals surface area contributed by atoms with Gasteiger partial charge in [-0.05, 0) is 28.5 Å². The largest absolute Gasteiger partial charge is 0.387 e. The van der Waals surface area contributed by atoms with E-state index in [-0.39, 0.29) is 11.6 Å². The Kier molecular flexibility index (Phi) is 5.06. The van der Waals surface area contributed by atoms with Crippen LogP contribution in [-0.4, -0.2) is 20.1 Å². The highest BCUT2D eigenvalue weighted by molar-refractivity contribution is 7.89. The molecule has 0 aliphatic carbocycles. The van der Waals surface area contributed by atoms with E-state index in [1.54, 1.807) is 12.1 Å². The third-order valence-corrected chi connectivity index (χ3v) is 5.59. The molecule has 0 fully saturated rings. The van der Waals surface area contributed by atoms with Crippen LogP contribution in [-0.2, 0) is 10.0 Å². The first kappa shape index (κ1) is 17.8. The molecule has 1 atom stereocenters. The number of aliphatic hydroxyl groups is 1. The van der Waals surface area contributed by atoms with Crippen LogP contribution >= 0.6 is 11.6 Å². The molecule has 130 valence electrons. The summed E-state index contributed by atoms with van der Waals surface area (Å²) in [7, 11) is -4.14. The van der Waals surface area contributed by atoms with E-state index in [1.807, 2.05) is 30.3 Å². The molecule has 0 aliphatic heterocycles. The van der Waals surface area contributed by atoms with Crippen molar-refractivity contribution in [3.63, 3.8) is 0 Å². The Labute approximate surface area is 149 Å². The topological polar surface area (TPSA) is 66.4 Å². The minimum absolute atomic E-state index is 0.280. The summed E-state index contributed by atoms with van der Waals surface area (Å²) in [4.78, 5) is -0.551. The van der Waals surface area contributed by atoms with Gasteiger partial charge in [-0.3, -0.25) is 0 Å². The van der Waals surface area contributed by atoms with E-state index in [4.69, 9.17) is 11.6 Å². The number of nitrogens with one attached hydrogen (secondary N) is 1. The predicted octanol–water partition coefficient (Wildman–Crippen LogP) is 3.64. The molecule has 0 aromatic heterocycles. The SMILES string of the molecule is O=S(=O)(NCC(O)c1cccc2ccccc12)c1cccc(Cl)c1F. The second-order valence-electron chi connectivity index (χ2n) is 5.49. The van der Waals surface area contributed by atoms with Gasteiger partial charge in [0.1, 0.15) is 4.90 Å². The summed E-state index contributed by atoms with van der Waals surface area (Å²) in [6, 6.07) is 16.6. The first-order valence-corrected chi connectivity index (χ1v) is 9.35. The molecular weight excluding hydrogens is 365 g/mol. The molecule has 0 saturated carbocycles. The van der Waals surface area contributed by atoms with Crippen LogP contribution in [0.3, 0.4) is 0 Å². The van der Waals surface area contributed by atoms with E-state index in [0.29, 0.717) is 5.56 Å². The normalized spacial score (nSPS) is 13.1. The maximum Gasteiger partial charge on any atom is 0.243 e. The Hall–Kier alpha value is -1.99. The average molecular weight is 380 g/mol. The highest BCUT2D eigenvalue weighted by atomic mass is 35.5.